The predicted octanol–water partition coefficient (Wildman–Crippen LogP) is 2.03. The van der Waals surface area contributed by atoms with Crippen LogP contribution in [0.4, 0.5) is 0 Å². The lowest BCUT2D eigenvalue weighted by Crippen LogP contribution is -2.61. The molecule has 2 saturated heterocycles. The maximum Gasteiger partial charge on any atom is 0.0348 e. The molecule has 0 atom stereocenters. The molecule has 4 heteroatoms. The van der Waals surface area contributed by atoms with Gasteiger partial charge in [0.05, 0.1) is 0 Å². The van der Waals surface area contributed by atoms with Gasteiger partial charge in [-0.15, -0.1) is 0 Å². The Hall–Kier alpha value is -0.550. The zero-order chi connectivity index (χ0) is 14.5. The molecule has 0 saturated carbocycles. The monoisotopic (exact) mass is 305 g/mol. The van der Waals surface area contributed by atoms with Crippen molar-refractivity contribution in [2.45, 2.75) is 24.9 Å². The van der Waals surface area contributed by atoms with E-state index in [4.69, 9.17) is 5.73 Å². The van der Waals surface area contributed by atoms with Crippen LogP contribution in [0.5, 0.6) is 0 Å². The molecule has 0 bridgehead atoms. The van der Waals surface area contributed by atoms with Gasteiger partial charge in [-0.1, -0.05) is 30.3 Å². The summed E-state index contributed by atoms with van der Waals surface area (Å²) in [7, 11) is 0. The number of thioether (sulfide) groups is 1. The summed E-state index contributed by atoms with van der Waals surface area (Å²) < 4.78 is 0. The van der Waals surface area contributed by atoms with Gasteiger partial charge in [-0.25, -0.2) is 0 Å². The van der Waals surface area contributed by atoms with Gasteiger partial charge in [-0.05, 0) is 29.9 Å². The van der Waals surface area contributed by atoms with Crippen LogP contribution in [0, 0.1) is 0 Å². The highest BCUT2D eigenvalue weighted by Gasteiger charge is 2.38. The first-order chi connectivity index (χ1) is 10.3. The summed E-state index contributed by atoms with van der Waals surface area (Å²) in [6.07, 6.45) is 2.54. The number of nitrogens with zero attached hydrogens (tertiary/aromatic N) is 2. The summed E-state index contributed by atoms with van der Waals surface area (Å²) in [5.41, 5.74) is 7.88. The fourth-order valence-corrected chi connectivity index (χ4v) is 4.88. The number of hydrogen-bond acceptors (Lipinski definition) is 4. The van der Waals surface area contributed by atoms with Gasteiger partial charge in [0.15, 0.2) is 0 Å². The number of benzene rings is 1. The van der Waals surface area contributed by atoms with Gasteiger partial charge < -0.3 is 5.73 Å². The molecule has 2 fully saturated rings. The third kappa shape index (κ3) is 3.62. The quantitative estimate of drug-likeness (QED) is 0.922. The Balaban J connectivity index is 1.54. The molecular weight excluding hydrogens is 278 g/mol. The lowest BCUT2D eigenvalue weighted by atomic mass is 9.89. The van der Waals surface area contributed by atoms with Gasteiger partial charge in [0.1, 0.15) is 0 Å². The van der Waals surface area contributed by atoms with Crippen LogP contribution in [0.3, 0.4) is 0 Å². The van der Waals surface area contributed by atoms with Crippen molar-refractivity contribution in [3.05, 3.63) is 35.9 Å². The van der Waals surface area contributed by atoms with E-state index in [0.29, 0.717) is 5.54 Å². The number of rotatable bonds is 4. The number of piperazine rings is 1. The van der Waals surface area contributed by atoms with Crippen LogP contribution < -0.4 is 5.73 Å². The molecule has 0 amide bonds. The minimum Gasteiger partial charge on any atom is -0.329 e. The Labute approximate surface area is 132 Å². The average Bonchev–Trinajstić information content (AvgIpc) is 2.57. The highest BCUT2D eigenvalue weighted by Crippen LogP contribution is 2.32. The molecule has 1 aromatic rings. The first kappa shape index (κ1) is 15.3. The maximum absolute atomic E-state index is 6.16. The third-order valence-corrected chi connectivity index (χ3v) is 6.08. The lowest BCUT2D eigenvalue weighted by molar-refractivity contribution is 0.0281. The van der Waals surface area contributed by atoms with Crippen molar-refractivity contribution in [3.63, 3.8) is 0 Å². The second-order valence-electron chi connectivity index (χ2n) is 6.29. The minimum atomic E-state index is 0.296. The molecular formula is C17H27N3S. The summed E-state index contributed by atoms with van der Waals surface area (Å²) in [4.78, 5) is 5.27. The highest BCUT2D eigenvalue weighted by atomic mass is 32.2. The molecule has 0 radical (unpaired) electrons. The molecule has 0 aromatic heterocycles. The molecule has 2 heterocycles. The highest BCUT2D eigenvalue weighted by molar-refractivity contribution is 7.99. The Morgan fingerprint density at radius 3 is 2.29 bits per heavy atom. The standard InChI is InChI=1S/C17H27N3S/c18-15-17(6-12-21-13-7-17)20-10-8-19(9-11-20)14-16-4-2-1-3-5-16/h1-5H,6-15,18H2. The first-order valence-corrected chi connectivity index (χ1v) is 9.27. The van der Waals surface area contributed by atoms with Gasteiger partial charge in [0, 0.05) is 44.8 Å². The molecule has 2 aliphatic heterocycles. The molecule has 3 rings (SSSR count). The van der Waals surface area contributed by atoms with Crippen LogP contribution in [-0.4, -0.2) is 59.6 Å². The van der Waals surface area contributed by atoms with Gasteiger partial charge in [-0.3, -0.25) is 9.80 Å². The molecule has 3 nitrogen and oxygen atoms in total. The van der Waals surface area contributed by atoms with E-state index in [1.54, 1.807) is 0 Å². The Kier molecular flexibility index (Phi) is 5.22. The van der Waals surface area contributed by atoms with Crippen molar-refractivity contribution in [3.8, 4) is 0 Å². The summed E-state index contributed by atoms with van der Waals surface area (Å²) in [5.74, 6) is 2.56. The lowest BCUT2D eigenvalue weighted by Gasteiger charge is -2.49. The average molecular weight is 305 g/mol. The largest absolute Gasteiger partial charge is 0.329 e. The van der Waals surface area contributed by atoms with E-state index in [1.807, 2.05) is 0 Å². The van der Waals surface area contributed by atoms with Crippen LogP contribution in [0.2, 0.25) is 0 Å². The zero-order valence-electron chi connectivity index (χ0n) is 12.8. The van der Waals surface area contributed by atoms with E-state index in [0.717, 1.165) is 13.1 Å². The van der Waals surface area contributed by atoms with Crippen LogP contribution in [0.25, 0.3) is 0 Å². The van der Waals surface area contributed by atoms with Crippen LogP contribution in [0.1, 0.15) is 18.4 Å². The molecule has 2 aliphatic rings. The van der Waals surface area contributed by atoms with Crippen molar-refractivity contribution in [1.29, 1.82) is 0 Å². The Bertz CT molecular complexity index is 423. The molecule has 0 unspecified atom stereocenters. The van der Waals surface area contributed by atoms with Crippen molar-refractivity contribution >= 4 is 11.8 Å². The molecule has 1 aromatic carbocycles. The second-order valence-corrected chi connectivity index (χ2v) is 7.51. The second kappa shape index (κ2) is 7.14. The van der Waals surface area contributed by atoms with E-state index in [9.17, 15) is 0 Å². The van der Waals surface area contributed by atoms with E-state index in [-0.39, 0.29) is 0 Å². The van der Waals surface area contributed by atoms with E-state index in [1.165, 1.54) is 56.1 Å². The number of hydrogen-bond donors (Lipinski definition) is 1. The van der Waals surface area contributed by atoms with Crippen molar-refractivity contribution in [2.75, 3.05) is 44.2 Å². The van der Waals surface area contributed by atoms with Crippen LogP contribution in [0.15, 0.2) is 30.3 Å². The minimum absolute atomic E-state index is 0.296. The summed E-state index contributed by atoms with van der Waals surface area (Å²) in [6.45, 7) is 6.60. The summed E-state index contributed by atoms with van der Waals surface area (Å²) in [5, 5.41) is 0. The fraction of sp³-hybridized carbons (Fsp3) is 0.647. The van der Waals surface area contributed by atoms with Crippen LogP contribution >= 0.6 is 11.8 Å². The van der Waals surface area contributed by atoms with E-state index < -0.39 is 0 Å². The zero-order valence-corrected chi connectivity index (χ0v) is 13.7. The smallest absolute Gasteiger partial charge is 0.0348 e. The molecule has 116 valence electrons. The van der Waals surface area contributed by atoms with Gasteiger partial charge in [0.25, 0.3) is 0 Å². The van der Waals surface area contributed by atoms with Crippen molar-refractivity contribution in [1.82, 2.24) is 9.80 Å². The Morgan fingerprint density at radius 1 is 1.00 bits per heavy atom. The van der Waals surface area contributed by atoms with Gasteiger partial charge >= 0.3 is 0 Å². The summed E-state index contributed by atoms with van der Waals surface area (Å²) >= 11 is 2.09. The van der Waals surface area contributed by atoms with Gasteiger partial charge in [0.2, 0.25) is 0 Å². The number of nitrogens with two attached hydrogens (primary N) is 1. The molecule has 0 spiro atoms. The SMILES string of the molecule is NCC1(N2CCN(Cc3ccccc3)CC2)CCSCC1. The van der Waals surface area contributed by atoms with Gasteiger partial charge in [-0.2, -0.15) is 11.8 Å². The third-order valence-electron chi connectivity index (χ3n) is 5.10. The normalized spacial score (nSPS) is 24.0. The Morgan fingerprint density at radius 2 is 1.67 bits per heavy atom. The molecule has 21 heavy (non-hydrogen) atoms. The topological polar surface area (TPSA) is 32.5 Å². The van der Waals surface area contributed by atoms with Crippen molar-refractivity contribution < 1.29 is 0 Å². The van der Waals surface area contributed by atoms with Crippen molar-refractivity contribution in [2.24, 2.45) is 5.73 Å². The fourth-order valence-electron chi connectivity index (χ4n) is 3.62. The van der Waals surface area contributed by atoms with E-state index >= 15 is 0 Å². The molecule has 0 aliphatic carbocycles. The molecule has 2 N–H and O–H groups in total. The maximum atomic E-state index is 6.16. The first-order valence-electron chi connectivity index (χ1n) is 8.12. The van der Waals surface area contributed by atoms with E-state index in [2.05, 4.69) is 51.9 Å². The predicted molar refractivity (Wildman–Crippen MR) is 91.6 cm³/mol. The summed E-state index contributed by atoms with van der Waals surface area (Å²) in [6, 6.07) is 10.8. The van der Waals surface area contributed by atoms with Crippen LogP contribution in [-0.2, 0) is 6.54 Å².